The third-order valence-corrected chi connectivity index (χ3v) is 3.77. The van der Waals surface area contributed by atoms with Crippen molar-refractivity contribution >= 4 is 17.6 Å². The zero-order chi connectivity index (χ0) is 14.8. The molecule has 0 heterocycles. The van der Waals surface area contributed by atoms with Crippen molar-refractivity contribution in [3.63, 3.8) is 0 Å². The number of carbonyl (C=O) groups is 1. The molecule has 0 bridgehead atoms. The van der Waals surface area contributed by atoms with Crippen molar-refractivity contribution in [1.82, 2.24) is 0 Å². The maximum Gasteiger partial charge on any atom is 0.314 e. The van der Waals surface area contributed by atoms with Gasteiger partial charge in [-0.2, -0.15) is 0 Å². The Morgan fingerprint density at radius 2 is 1.80 bits per heavy atom. The van der Waals surface area contributed by atoms with Crippen LogP contribution in [0.25, 0.3) is 0 Å². The van der Waals surface area contributed by atoms with Gasteiger partial charge in [-0.05, 0) is 36.6 Å². The van der Waals surface area contributed by atoms with Crippen molar-refractivity contribution in [3.8, 4) is 0 Å². The van der Waals surface area contributed by atoms with Crippen molar-refractivity contribution in [3.05, 3.63) is 70.5 Å². The van der Waals surface area contributed by atoms with Gasteiger partial charge in [-0.1, -0.05) is 48.0 Å². The normalized spacial score (nSPS) is 13.8. The number of halogens is 2. The molecule has 0 amide bonds. The maximum atomic E-state index is 13.8. The minimum atomic E-state index is -1.28. The molecular formula is C16H14ClFO2. The molecule has 0 fully saturated rings. The summed E-state index contributed by atoms with van der Waals surface area (Å²) < 4.78 is 13.8. The second-order valence-corrected chi connectivity index (χ2v) is 5.29. The lowest BCUT2D eigenvalue weighted by Gasteiger charge is -2.26. The van der Waals surface area contributed by atoms with Crippen molar-refractivity contribution < 1.29 is 14.3 Å². The average molecular weight is 293 g/mol. The first-order valence-corrected chi connectivity index (χ1v) is 6.55. The zero-order valence-electron chi connectivity index (χ0n) is 10.9. The fraction of sp³-hybridized carbons (Fsp3) is 0.188. The molecule has 0 aromatic heterocycles. The van der Waals surface area contributed by atoms with Crippen molar-refractivity contribution in [2.24, 2.45) is 0 Å². The van der Waals surface area contributed by atoms with Gasteiger partial charge in [0.2, 0.25) is 0 Å². The summed E-state index contributed by atoms with van der Waals surface area (Å²) in [4.78, 5) is 11.7. The van der Waals surface area contributed by atoms with Gasteiger partial charge >= 0.3 is 5.97 Å². The number of aliphatic carboxylic acids is 1. The van der Waals surface area contributed by atoms with E-state index in [0.29, 0.717) is 16.1 Å². The molecule has 0 aliphatic carbocycles. The van der Waals surface area contributed by atoms with E-state index < -0.39 is 17.2 Å². The second kappa shape index (κ2) is 5.63. The molecule has 2 nitrogen and oxygen atoms in total. The van der Waals surface area contributed by atoms with E-state index in [1.165, 1.54) is 6.07 Å². The number of hydrogen-bond acceptors (Lipinski definition) is 1. The standard InChI is InChI=1S/C16H14ClFO2/c1-16(15(19)20,12-7-3-4-8-13(12)17)10-11-6-2-5-9-14(11)18/h2-9H,10H2,1H3,(H,19,20). The van der Waals surface area contributed by atoms with Gasteiger partial charge < -0.3 is 5.11 Å². The molecule has 0 spiro atoms. The van der Waals surface area contributed by atoms with Crippen LogP contribution in [0.2, 0.25) is 5.02 Å². The van der Waals surface area contributed by atoms with Crippen molar-refractivity contribution in [2.75, 3.05) is 0 Å². The molecule has 4 heteroatoms. The van der Waals surface area contributed by atoms with Crippen molar-refractivity contribution in [2.45, 2.75) is 18.8 Å². The van der Waals surface area contributed by atoms with Gasteiger partial charge in [0.25, 0.3) is 0 Å². The molecular weight excluding hydrogens is 279 g/mol. The van der Waals surface area contributed by atoms with Gasteiger partial charge in [-0.15, -0.1) is 0 Å². The van der Waals surface area contributed by atoms with Crippen LogP contribution in [0.4, 0.5) is 4.39 Å². The van der Waals surface area contributed by atoms with E-state index in [1.807, 2.05) is 0 Å². The van der Waals surface area contributed by atoms with Crippen LogP contribution >= 0.6 is 11.6 Å². The van der Waals surface area contributed by atoms with Crippen LogP contribution in [0.15, 0.2) is 48.5 Å². The molecule has 1 unspecified atom stereocenters. The van der Waals surface area contributed by atoms with Gasteiger partial charge in [-0.25, -0.2) is 4.39 Å². The van der Waals surface area contributed by atoms with Gasteiger partial charge in [0.05, 0.1) is 5.41 Å². The number of carboxylic acids is 1. The molecule has 104 valence electrons. The fourth-order valence-electron chi connectivity index (χ4n) is 2.22. The van der Waals surface area contributed by atoms with E-state index in [2.05, 4.69) is 0 Å². The van der Waals surface area contributed by atoms with Gasteiger partial charge in [-0.3, -0.25) is 4.79 Å². The Kier molecular flexibility index (Phi) is 4.09. The Bertz CT molecular complexity index is 642. The highest BCUT2D eigenvalue weighted by Gasteiger charge is 2.37. The van der Waals surface area contributed by atoms with E-state index in [4.69, 9.17) is 11.6 Å². The highest BCUT2D eigenvalue weighted by atomic mass is 35.5. The largest absolute Gasteiger partial charge is 0.481 e. The first-order valence-electron chi connectivity index (χ1n) is 6.17. The third kappa shape index (κ3) is 2.68. The van der Waals surface area contributed by atoms with E-state index in [9.17, 15) is 14.3 Å². The summed E-state index contributed by atoms with van der Waals surface area (Å²) in [5.41, 5.74) is -0.435. The molecule has 1 N–H and O–H groups in total. The summed E-state index contributed by atoms with van der Waals surface area (Å²) in [6.45, 7) is 1.56. The summed E-state index contributed by atoms with van der Waals surface area (Å²) >= 11 is 6.10. The molecule has 1 atom stereocenters. The van der Waals surface area contributed by atoms with Gasteiger partial charge in [0, 0.05) is 5.02 Å². The predicted molar refractivity (Wildman–Crippen MR) is 76.5 cm³/mol. The monoisotopic (exact) mass is 292 g/mol. The molecule has 20 heavy (non-hydrogen) atoms. The second-order valence-electron chi connectivity index (χ2n) is 4.89. The first-order chi connectivity index (χ1) is 9.45. The lowest BCUT2D eigenvalue weighted by atomic mass is 9.77. The molecule has 0 saturated carbocycles. The van der Waals surface area contributed by atoms with E-state index in [0.717, 1.165) is 0 Å². The Hall–Kier alpha value is -1.87. The SMILES string of the molecule is CC(Cc1ccccc1F)(C(=O)O)c1ccccc1Cl. The number of carboxylic acid groups (broad SMARTS) is 1. The van der Waals surface area contributed by atoms with E-state index >= 15 is 0 Å². The minimum absolute atomic E-state index is 0.0404. The lowest BCUT2D eigenvalue weighted by Crippen LogP contribution is -2.35. The van der Waals surface area contributed by atoms with Crippen LogP contribution in [0, 0.1) is 5.82 Å². The predicted octanol–water partition coefficient (Wildman–Crippen LogP) is 4.06. The topological polar surface area (TPSA) is 37.3 Å². The molecule has 2 aromatic rings. The van der Waals surface area contributed by atoms with E-state index in [-0.39, 0.29) is 6.42 Å². The summed E-state index contributed by atoms with van der Waals surface area (Å²) in [7, 11) is 0. The molecule has 0 aliphatic rings. The number of rotatable bonds is 4. The summed E-state index contributed by atoms with van der Waals surface area (Å²) in [6, 6.07) is 12.9. The Labute approximate surface area is 121 Å². The van der Waals surface area contributed by atoms with Crippen LogP contribution in [0.1, 0.15) is 18.1 Å². The van der Waals surface area contributed by atoms with Crippen LogP contribution in [0.5, 0.6) is 0 Å². The maximum absolute atomic E-state index is 13.8. The summed E-state index contributed by atoms with van der Waals surface area (Å²) in [6.07, 6.45) is 0.0404. The van der Waals surface area contributed by atoms with Gasteiger partial charge in [0.15, 0.2) is 0 Å². The molecule has 0 radical (unpaired) electrons. The highest BCUT2D eigenvalue weighted by Crippen LogP contribution is 2.34. The molecule has 2 rings (SSSR count). The Morgan fingerprint density at radius 3 is 2.40 bits per heavy atom. The number of benzene rings is 2. The molecule has 2 aromatic carbocycles. The zero-order valence-corrected chi connectivity index (χ0v) is 11.7. The smallest absolute Gasteiger partial charge is 0.314 e. The number of hydrogen-bond donors (Lipinski definition) is 1. The third-order valence-electron chi connectivity index (χ3n) is 3.44. The van der Waals surface area contributed by atoms with Crippen LogP contribution < -0.4 is 0 Å². The van der Waals surface area contributed by atoms with Crippen LogP contribution in [-0.4, -0.2) is 11.1 Å². The molecule has 0 aliphatic heterocycles. The Balaban J connectivity index is 2.49. The molecule has 0 saturated heterocycles. The highest BCUT2D eigenvalue weighted by molar-refractivity contribution is 6.31. The summed E-state index contributed by atoms with van der Waals surface area (Å²) in [5, 5.41) is 9.95. The Morgan fingerprint density at radius 1 is 1.20 bits per heavy atom. The lowest BCUT2D eigenvalue weighted by molar-refractivity contribution is -0.143. The quantitative estimate of drug-likeness (QED) is 0.922. The van der Waals surface area contributed by atoms with Gasteiger partial charge in [0.1, 0.15) is 5.82 Å². The van der Waals surface area contributed by atoms with E-state index in [1.54, 1.807) is 49.4 Å². The summed E-state index contributed by atoms with van der Waals surface area (Å²) in [5.74, 6) is -1.44. The average Bonchev–Trinajstić information content (AvgIpc) is 2.41. The fourth-order valence-corrected chi connectivity index (χ4v) is 2.56. The van der Waals surface area contributed by atoms with Crippen LogP contribution in [0.3, 0.4) is 0 Å². The minimum Gasteiger partial charge on any atom is -0.481 e. The van der Waals surface area contributed by atoms with Crippen LogP contribution in [-0.2, 0) is 16.6 Å². The first kappa shape index (κ1) is 14.5. The van der Waals surface area contributed by atoms with Crippen molar-refractivity contribution in [1.29, 1.82) is 0 Å².